The minimum absolute atomic E-state index is 0.0824. The molecular weight excluding hydrogens is 354 g/mol. The summed E-state index contributed by atoms with van der Waals surface area (Å²) in [6.07, 6.45) is 0.506. The SMILES string of the molecule is C/C(CCC(=O)O)=N\Nc1nc(-c2ccc(Br)cc2)cs1. The van der Waals surface area contributed by atoms with Crippen molar-refractivity contribution in [2.75, 3.05) is 5.43 Å². The molecule has 2 aromatic rings. The van der Waals surface area contributed by atoms with Crippen LogP contribution in [0.4, 0.5) is 5.13 Å². The topological polar surface area (TPSA) is 74.6 Å². The number of carboxylic acids is 1. The van der Waals surface area contributed by atoms with Crippen LogP contribution >= 0.6 is 27.3 Å². The highest BCUT2D eigenvalue weighted by molar-refractivity contribution is 9.10. The third-order valence-corrected chi connectivity index (χ3v) is 3.96. The predicted octanol–water partition coefficient (Wildman–Crippen LogP) is 4.23. The molecule has 0 aliphatic carbocycles. The van der Waals surface area contributed by atoms with E-state index in [1.54, 1.807) is 6.92 Å². The molecule has 0 unspecified atom stereocenters. The lowest BCUT2D eigenvalue weighted by Gasteiger charge is -1.99. The number of hydrogen-bond donors (Lipinski definition) is 2. The van der Waals surface area contributed by atoms with Gasteiger partial charge in [0.25, 0.3) is 0 Å². The molecule has 1 aromatic carbocycles. The number of carbonyl (C=O) groups is 1. The summed E-state index contributed by atoms with van der Waals surface area (Å²) in [4.78, 5) is 14.9. The molecule has 110 valence electrons. The van der Waals surface area contributed by atoms with Crippen LogP contribution in [0.15, 0.2) is 39.2 Å². The first-order valence-corrected chi connectivity index (χ1v) is 7.94. The molecule has 0 aliphatic heterocycles. The molecule has 2 rings (SSSR count). The lowest BCUT2D eigenvalue weighted by Crippen LogP contribution is -2.02. The van der Waals surface area contributed by atoms with Crippen molar-refractivity contribution < 1.29 is 9.90 Å². The Bertz CT molecular complexity index is 652. The van der Waals surface area contributed by atoms with Crippen molar-refractivity contribution >= 4 is 44.1 Å². The van der Waals surface area contributed by atoms with Crippen molar-refractivity contribution in [2.24, 2.45) is 5.10 Å². The molecule has 0 fully saturated rings. The van der Waals surface area contributed by atoms with Crippen molar-refractivity contribution in [3.8, 4) is 11.3 Å². The predicted molar refractivity (Wildman–Crippen MR) is 88.9 cm³/mol. The number of anilines is 1. The number of nitrogens with zero attached hydrogens (tertiary/aromatic N) is 2. The van der Waals surface area contributed by atoms with E-state index in [0.717, 1.165) is 21.4 Å². The summed E-state index contributed by atoms with van der Waals surface area (Å²) >= 11 is 4.86. The molecule has 1 heterocycles. The number of nitrogens with one attached hydrogen (secondary N) is 1. The van der Waals surface area contributed by atoms with Gasteiger partial charge in [0, 0.05) is 21.1 Å². The van der Waals surface area contributed by atoms with Crippen molar-refractivity contribution in [3.63, 3.8) is 0 Å². The molecular formula is C14H14BrN3O2S. The van der Waals surface area contributed by atoms with E-state index in [2.05, 4.69) is 31.4 Å². The van der Waals surface area contributed by atoms with Crippen LogP contribution in [-0.4, -0.2) is 21.8 Å². The summed E-state index contributed by atoms with van der Waals surface area (Å²) in [5.41, 5.74) is 5.52. The number of thiazole rings is 1. The normalized spacial score (nSPS) is 11.4. The lowest BCUT2D eigenvalue weighted by molar-refractivity contribution is -0.136. The Labute approximate surface area is 134 Å². The molecule has 0 saturated carbocycles. The van der Waals surface area contributed by atoms with E-state index >= 15 is 0 Å². The highest BCUT2D eigenvalue weighted by Gasteiger charge is 2.04. The number of benzene rings is 1. The Morgan fingerprint density at radius 3 is 2.76 bits per heavy atom. The first kappa shape index (κ1) is 15.7. The fourth-order valence-electron chi connectivity index (χ4n) is 1.57. The summed E-state index contributed by atoms with van der Waals surface area (Å²) < 4.78 is 1.03. The molecule has 21 heavy (non-hydrogen) atoms. The fourth-order valence-corrected chi connectivity index (χ4v) is 2.49. The van der Waals surface area contributed by atoms with Gasteiger partial charge in [0.05, 0.1) is 12.1 Å². The maximum Gasteiger partial charge on any atom is 0.303 e. The fraction of sp³-hybridized carbons (Fsp3) is 0.214. The number of hydrazone groups is 1. The van der Waals surface area contributed by atoms with Gasteiger partial charge in [0.1, 0.15) is 0 Å². The Balaban J connectivity index is 1.98. The quantitative estimate of drug-likeness (QED) is 0.591. The van der Waals surface area contributed by atoms with Crippen molar-refractivity contribution in [3.05, 3.63) is 34.1 Å². The zero-order valence-corrected chi connectivity index (χ0v) is 13.7. The maximum atomic E-state index is 10.5. The summed E-state index contributed by atoms with van der Waals surface area (Å²) in [6.45, 7) is 1.79. The standard InChI is InChI=1S/C14H14BrN3O2S/c1-9(2-7-13(19)20)17-18-14-16-12(8-21-14)10-3-5-11(15)6-4-10/h3-6,8H,2,7H2,1H3,(H,16,18)(H,19,20)/b17-9+. The largest absolute Gasteiger partial charge is 0.481 e. The highest BCUT2D eigenvalue weighted by Crippen LogP contribution is 2.26. The average molecular weight is 368 g/mol. The van der Waals surface area contributed by atoms with E-state index in [1.165, 1.54) is 11.3 Å². The van der Waals surface area contributed by atoms with E-state index in [4.69, 9.17) is 5.11 Å². The Morgan fingerprint density at radius 1 is 1.38 bits per heavy atom. The second kappa shape index (κ2) is 7.33. The molecule has 1 aromatic heterocycles. The second-order valence-electron chi connectivity index (χ2n) is 4.40. The number of carboxylic acid groups (broad SMARTS) is 1. The first-order chi connectivity index (χ1) is 10.0. The van der Waals surface area contributed by atoms with Crippen molar-refractivity contribution in [2.45, 2.75) is 19.8 Å². The number of aromatic nitrogens is 1. The van der Waals surface area contributed by atoms with Crippen molar-refractivity contribution in [1.82, 2.24) is 4.98 Å². The van der Waals surface area contributed by atoms with Crippen LogP contribution in [0.5, 0.6) is 0 Å². The number of hydrogen-bond acceptors (Lipinski definition) is 5. The molecule has 0 spiro atoms. The van der Waals surface area contributed by atoms with Crippen molar-refractivity contribution in [1.29, 1.82) is 0 Å². The van der Waals surface area contributed by atoms with Gasteiger partial charge in [-0.15, -0.1) is 11.3 Å². The monoisotopic (exact) mass is 367 g/mol. The van der Waals surface area contributed by atoms with Gasteiger partial charge in [0.2, 0.25) is 5.13 Å². The molecule has 0 saturated heterocycles. The molecule has 0 aliphatic rings. The Hall–Kier alpha value is -1.73. The van der Waals surface area contributed by atoms with Crippen LogP contribution in [0, 0.1) is 0 Å². The maximum absolute atomic E-state index is 10.5. The number of rotatable bonds is 6. The summed E-state index contributed by atoms with van der Waals surface area (Å²) in [5.74, 6) is -0.823. The number of halogens is 1. The minimum Gasteiger partial charge on any atom is -0.481 e. The smallest absolute Gasteiger partial charge is 0.303 e. The van der Waals surface area contributed by atoms with Gasteiger partial charge in [-0.1, -0.05) is 28.1 Å². The summed E-state index contributed by atoms with van der Waals surface area (Å²) in [6, 6.07) is 7.92. The van der Waals surface area contributed by atoms with Crippen LogP contribution in [0.25, 0.3) is 11.3 Å². The summed E-state index contributed by atoms with van der Waals surface area (Å²) in [7, 11) is 0. The minimum atomic E-state index is -0.823. The lowest BCUT2D eigenvalue weighted by atomic mass is 10.2. The van der Waals surface area contributed by atoms with Crippen LogP contribution < -0.4 is 5.43 Å². The highest BCUT2D eigenvalue weighted by atomic mass is 79.9. The molecule has 0 bridgehead atoms. The van der Waals surface area contributed by atoms with Crippen LogP contribution in [-0.2, 0) is 4.79 Å². The van der Waals surface area contributed by atoms with E-state index in [0.29, 0.717) is 11.6 Å². The number of aliphatic carboxylic acids is 1. The van der Waals surface area contributed by atoms with E-state index < -0.39 is 5.97 Å². The average Bonchev–Trinajstić information content (AvgIpc) is 2.92. The summed E-state index contributed by atoms with van der Waals surface area (Å²) in [5, 5.41) is 15.4. The third-order valence-electron chi connectivity index (χ3n) is 2.69. The van der Waals surface area contributed by atoms with Gasteiger partial charge >= 0.3 is 5.97 Å². The molecule has 7 heteroatoms. The van der Waals surface area contributed by atoms with Crippen LogP contribution in [0.3, 0.4) is 0 Å². The Kier molecular flexibility index (Phi) is 5.46. The van der Waals surface area contributed by atoms with Gasteiger partial charge in [0.15, 0.2) is 0 Å². The zero-order chi connectivity index (χ0) is 15.2. The van der Waals surface area contributed by atoms with E-state index in [-0.39, 0.29) is 6.42 Å². The molecule has 2 N–H and O–H groups in total. The molecule has 5 nitrogen and oxygen atoms in total. The van der Waals surface area contributed by atoms with Gasteiger partial charge < -0.3 is 5.11 Å². The third kappa shape index (κ3) is 4.95. The van der Waals surface area contributed by atoms with E-state index in [9.17, 15) is 4.79 Å². The van der Waals surface area contributed by atoms with Gasteiger partial charge in [-0.25, -0.2) is 4.98 Å². The zero-order valence-electron chi connectivity index (χ0n) is 11.3. The second-order valence-corrected chi connectivity index (χ2v) is 6.17. The van der Waals surface area contributed by atoms with E-state index in [1.807, 2.05) is 29.6 Å². The van der Waals surface area contributed by atoms with Gasteiger partial charge in [-0.05, 0) is 25.5 Å². The molecule has 0 amide bonds. The molecule has 0 radical (unpaired) electrons. The van der Waals surface area contributed by atoms with Crippen LogP contribution in [0.2, 0.25) is 0 Å². The Morgan fingerprint density at radius 2 is 2.10 bits per heavy atom. The van der Waals surface area contributed by atoms with Crippen LogP contribution in [0.1, 0.15) is 19.8 Å². The van der Waals surface area contributed by atoms with Gasteiger partial charge in [-0.2, -0.15) is 5.10 Å². The first-order valence-electron chi connectivity index (χ1n) is 6.27. The molecule has 0 atom stereocenters. The van der Waals surface area contributed by atoms with Gasteiger partial charge in [-0.3, -0.25) is 10.2 Å².